The summed E-state index contributed by atoms with van der Waals surface area (Å²) in [6, 6.07) is 0. The molecule has 0 bridgehead atoms. The molecule has 0 saturated carbocycles. The smallest absolute Gasteiger partial charge is 0.756 e. The van der Waals surface area contributed by atoms with E-state index in [9.17, 15) is 18.9 Å². The molecule has 0 fully saturated rings. The van der Waals surface area contributed by atoms with Crippen molar-refractivity contribution in [3.63, 3.8) is 0 Å². The second-order valence-electron chi connectivity index (χ2n) is 7.65. The third-order valence-electron chi connectivity index (χ3n) is 2.26. The van der Waals surface area contributed by atoms with Crippen LogP contribution in [0.15, 0.2) is 0 Å². The molecule has 0 aliphatic heterocycles. The van der Waals surface area contributed by atoms with Crippen molar-refractivity contribution in [1.29, 1.82) is 0 Å². The van der Waals surface area contributed by atoms with Crippen molar-refractivity contribution in [1.82, 2.24) is 0 Å². The fourth-order valence-corrected chi connectivity index (χ4v) is 3.11. The second-order valence-corrected chi connectivity index (χ2v) is 10.5. The minimum absolute atomic E-state index is 0. The minimum Gasteiger partial charge on any atom is -0.756 e. The molecule has 0 aromatic heterocycles. The van der Waals surface area contributed by atoms with Crippen LogP contribution in [0.3, 0.4) is 0 Å². The van der Waals surface area contributed by atoms with E-state index in [1.807, 2.05) is 55.4 Å². The van der Waals surface area contributed by atoms with E-state index in [-0.39, 0.29) is 66.6 Å². The van der Waals surface area contributed by atoms with E-state index in [2.05, 4.69) is 18.1 Å². The molecule has 0 aromatic carbocycles. The van der Waals surface area contributed by atoms with Gasteiger partial charge in [0.25, 0.3) is 15.6 Å². The molecule has 0 aliphatic rings. The van der Waals surface area contributed by atoms with Crippen LogP contribution in [0.2, 0.25) is 0 Å². The summed E-state index contributed by atoms with van der Waals surface area (Å²) >= 11 is 0. The van der Waals surface area contributed by atoms with Gasteiger partial charge in [-0.1, -0.05) is 55.4 Å². The van der Waals surface area contributed by atoms with E-state index in [0.29, 0.717) is 0 Å². The van der Waals surface area contributed by atoms with Crippen molar-refractivity contribution in [3.05, 3.63) is 0 Å². The molecular formula is C16H36NiO8P2. The van der Waals surface area contributed by atoms with Crippen molar-refractivity contribution < 1.29 is 53.5 Å². The van der Waals surface area contributed by atoms with Gasteiger partial charge in [-0.15, -0.1) is 0 Å². The topological polar surface area (TPSA) is 117 Å². The fraction of sp³-hybridized carbons (Fsp3) is 1.00. The van der Waals surface area contributed by atoms with Gasteiger partial charge in [-0.05, 0) is 23.7 Å². The van der Waals surface area contributed by atoms with E-state index in [1.54, 1.807) is 0 Å². The van der Waals surface area contributed by atoms with Crippen LogP contribution in [0.25, 0.3) is 0 Å². The Morgan fingerprint density at radius 2 is 0.704 bits per heavy atom. The van der Waals surface area contributed by atoms with Crippen LogP contribution in [0, 0.1) is 23.7 Å². The summed E-state index contributed by atoms with van der Waals surface area (Å²) in [5.74, 6) is 0.740. The molecule has 0 aliphatic carbocycles. The predicted octanol–water partition coefficient (Wildman–Crippen LogP) is 3.60. The van der Waals surface area contributed by atoms with Gasteiger partial charge >= 0.3 is 16.5 Å². The molecule has 27 heavy (non-hydrogen) atoms. The summed E-state index contributed by atoms with van der Waals surface area (Å²) in [5.41, 5.74) is 0. The predicted molar refractivity (Wildman–Crippen MR) is 98.4 cm³/mol. The summed E-state index contributed by atoms with van der Waals surface area (Å²) in [6.07, 6.45) is 0. The largest absolute Gasteiger partial charge is 2.00 e. The first-order chi connectivity index (χ1) is 11.7. The third-order valence-corrected chi connectivity index (χ3v) is 4.13. The molecule has 8 nitrogen and oxygen atoms in total. The summed E-state index contributed by atoms with van der Waals surface area (Å²) in [5, 5.41) is 0. The first kappa shape index (κ1) is 32.4. The first-order valence-corrected chi connectivity index (χ1v) is 11.8. The van der Waals surface area contributed by atoms with Crippen LogP contribution in [0.4, 0.5) is 0 Å². The molecule has 0 radical (unpaired) electrons. The maximum absolute atomic E-state index is 11.0. The summed E-state index contributed by atoms with van der Waals surface area (Å²) < 4.78 is 40.5. The Morgan fingerprint density at radius 3 is 0.815 bits per heavy atom. The van der Waals surface area contributed by atoms with Crippen LogP contribution in [-0.4, -0.2) is 26.4 Å². The summed E-state index contributed by atoms with van der Waals surface area (Å²) in [4.78, 5) is 22.0. The zero-order valence-electron chi connectivity index (χ0n) is 17.6. The Kier molecular flexibility index (Phi) is 19.8. The van der Waals surface area contributed by atoms with Crippen LogP contribution >= 0.6 is 15.6 Å². The van der Waals surface area contributed by atoms with Gasteiger partial charge in [0, 0.05) is 0 Å². The minimum atomic E-state index is -4.05. The zero-order chi connectivity index (χ0) is 21.0. The first-order valence-electron chi connectivity index (χ1n) is 8.87. The van der Waals surface area contributed by atoms with Gasteiger partial charge in [-0.3, -0.25) is 9.13 Å². The van der Waals surface area contributed by atoms with Crippen molar-refractivity contribution in [2.45, 2.75) is 55.4 Å². The number of phosphoric acid groups is 2. The molecule has 0 amide bonds. The zero-order valence-corrected chi connectivity index (χ0v) is 20.4. The maximum atomic E-state index is 11.0. The number of rotatable bonds is 12. The molecule has 0 saturated heterocycles. The Morgan fingerprint density at radius 1 is 0.556 bits per heavy atom. The van der Waals surface area contributed by atoms with E-state index < -0.39 is 15.6 Å². The van der Waals surface area contributed by atoms with Crippen molar-refractivity contribution in [3.8, 4) is 0 Å². The Bertz CT molecular complexity index is 372. The molecule has 0 atom stereocenters. The number of hydrogen-bond donors (Lipinski definition) is 0. The van der Waals surface area contributed by atoms with Gasteiger partial charge in [0.05, 0.1) is 26.4 Å². The van der Waals surface area contributed by atoms with Gasteiger partial charge in [0.1, 0.15) is 0 Å². The van der Waals surface area contributed by atoms with Gasteiger partial charge in [-0.25, -0.2) is 0 Å². The van der Waals surface area contributed by atoms with Gasteiger partial charge in [-0.2, -0.15) is 0 Å². The van der Waals surface area contributed by atoms with Crippen LogP contribution in [0.5, 0.6) is 0 Å². The van der Waals surface area contributed by atoms with E-state index >= 15 is 0 Å². The molecule has 0 unspecified atom stereocenters. The van der Waals surface area contributed by atoms with Crippen molar-refractivity contribution in [2.75, 3.05) is 26.4 Å². The molecule has 0 rings (SSSR count). The summed E-state index contributed by atoms with van der Waals surface area (Å²) in [7, 11) is -8.10. The van der Waals surface area contributed by atoms with Gasteiger partial charge < -0.3 is 27.9 Å². The maximum Gasteiger partial charge on any atom is 2.00 e. The third kappa shape index (κ3) is 26.7. The quantitative estimate of drug-likeness (QED) is 0.309. The summed E-state index contributed by atoms with van der Waals surface area (Å²) in [6.45, 7) is 15.7. The van der Waals surface area contributed by atoms with Crippen LogP contribution in [0.1, 0.15) is 55.4 Å². The standard InChI is InChI=1S/2C8H19O4P.Ni/c2*1-7(2)5-11-13(9,10)12-6-8(3)4;/h2*7-8H,5-6H2,1-4H3,(H,9,10);/q;;+2/p-2. The number of hydrogen-bond acceptors (Lipinski definition) is 8. The van der Waals surface area contributed by atoms with Gasteiger partial charge in [0.2, 0.25) is 0 Å². The Labute approximate surface area is 174 Å². The molecule has 0 N–H and O–H groups in total. The average molecular weight is 477 g/mol. The number of phosphoric ester groups is 2. The SMILES string of the molecule is CC(C)COP(=O)([O-])OCC(C)C.CC(C)COP(=O)([O-])OCC(C)C.[Ni+2]. The molecule has 0 aromatic rings. The normalized spacial score (nSPS) is 12.4. The van der Waals surface area contributed by atoms with Crippen molar-refractivity contribution >= 4 is 15.6 Å². The van der Waals surface area contributed by atoms with E-state index in [4.69, 9.17) is 0 Å². The molecular weight excluding hydrogens is 441 g/mol. The Hall–Kier alpha value is 0.714. The van der Waals surface area contributed by atoms with E-state index in [0.717, 1.165) is 0 Å². The molecule has 11 heteroatoms. The second kappa shape index (κ2) is 16.5. The Balaban J connectivity index is -0.000000411. The molecule has 0 spiro atoms. The molecule has 0 heterocycles. The van der Waals surface area contributed by atoms with Crippen LogP contribution < -0.4 is 9.79 Å². The average Bonchev–Trinajstić information content (AvgIpc) is 2.48. The monoisotopic (exact) mass is 476 g/mol. The fourth-order valence-electron chi connectivity index (χ4n) is 1.04. The van der Waals surface area contributed by atoms with Gasteiger partial charge in [0.15, 0.2) is 0 Å². The van der Waals surface area contributed by atoms with Crippen LogP contribution in [-0.2, 0) is 43.7 Å². The molecule has 168 valence electrons. The van der Waals surface area contributed by atoms with E-state index in [1.165, 1.54) is 0 Å². The van der Waals surface area contributed by atoms with Crippen molar-refractivity contribution in [2.24, 2.45) is 23.7 Å².